The Kier molecular flexibility index (Phi) is 11.7. The van der Waals surface area contributed by atoms with Crippen LogP contribution in [-0.4, -0.2) is 71.9 Å². The summed E-state index contributed by atoms with van der Waals surface area (Å²) in [7, 11) is 0. The summed E-state index contributed by atoms with van der Waals surface area (Å²) in [5, 5.41) is 4.29. The van der Waals surface area contributed by atoms with Crippen molar-refractivity contribution in [3.63, 3.8) is 0 Å². The first kappa shape index (κ1) is 36.4. The van der Waals surface area contributed by atoms with E-state index in [-0.39, 0.29) is 49.4 Å². The summed E-state index contributed by atoms with van der Waals surface area (Å²) in [6.45, 7) is 1.34. The second-order valence-electron chi connectivity index (χ2n) is 13.5. The number of carbonyl (C=O) groups is 3. The SMILES string of the molecule is NC(=O)CCCC(=O)N1C[C@H]2CC(c3ccc(CCCOc4c(F)ccc(F)c4F)cc3)=C(C(=O)N(CCc3ccccc3Cl)C3CC3)[C@@H](C1)N2. The highest BCUT2D eigenvalue weighted by Crippen LogP contribution is 2.37. The molecule has 0 unspecified atom stereocenters. The summed E-state index contributed by atoms with van der Waals surface area (Å²) in [6, 6.07) is 16.8. The van der Waals surface area contributed by atoms with Crippen molar-refractivity contribution in [1.82, 2.24) is 15.1 Å². The number of fused-ring (bicyclic) bond motifs is 2. The van der Waals surface area contributed by atoms with E-state index in [9.17, 15) is 27.6 Å². The van der Waals surface area contributed by atoms with Crippen LogP contribution >= 0.6 is 11.6 Å². The van der Waals surface area contributed by atoms with Gasteiger partial charge in [-0.25, -0.2) is 8.78 Å². The summed E-state index contributed by atoms with van der Waals surface area (Å²) >= 11 is 6.47. The number of benzene rings is 3. The average molecular weight is 723 g/mol. The Hall–Kier alpha value is -4.35. The van der Waals surface area contributed by atoms with Crippen LogP contribution in [-0.2, 0) is 27.2 Å². The highest BCUT2D eigenvalue weighted by Gasteiger charge is 2.43. The van der Waals surface area contributed by atoms with Gasteiger partial charge < -0.3 is 25.6 Å². The maximum absolute atomic E-state index is 14.7. The van der Waals surface area contributed by atoms with Crippen LogP contribution in [0.2, 0.25) is 5.02 Å². The number of aryl methyl sites for hydroxylation is 1. The third-order valence-corrected chi connectivity index (χ3v) is 10.2. The van der Waals surface area contributed by atoms with Gasteiger partial charge in [-0.1, -0.05) is 54.1 Å². The minimum absolute atomic E-state index is 0.000815. The number of amides is 3. The van der Waals surface area contributed by atoms with E-state index in [1.54, 1.807) is 4.90 Å². The number of halogens is 4. The van der Waals surface area contributed by atoms with Gasteiger partial charge in [-0.15, -0.1) is 0 Å². The molecule has 3 aromatic carbocycles. The lowest BCUT2D eigenvalue weighted by atomic mass is 9.82. The van der Waals surface area contributed by atoms with Crippen molar-refractivity contribution in [2.24, 2.45) is 5.73 Å². The Labute approximate surface area is 300 Å². The van der Waals surface area contributed by atoms with Crippen molar-refractivity contribution in [2.75, 3.05) is 26.2 Å². The van der Waals surface area contributed by atoms with Gasteiger partial charge in [-0.05, 0) is 85.4 Å². The topological polar surface area (TPSA) is 105 Å². The van der Waals surface area contributed by atoms with E-state index in [0.717, 1.165) is 47.2 Å². The molecule has 2 heterocycles. The molecule has 3 amide bonds. The van der Waals surface area contributed by atoms with Crippen LogP contribution in [0.25, 0.3) is 5.57 Å². The molecule has 0 radical (unpaired) electrons. The molecule has 270 valence electrons. The smallest absolute Gasteiger partial charge is 0.252 e. The molecule has 0 spiro atoms. The highest BCUT2D eigenvalue weighted by atomic mass is 35.5. The third kappa shape index (κ3) is 8.94. The number of nitrogens with zero attached hydrogens (tertiary/aromatic N) is 2. The van der Waals surface area contributed by atoms with E-state index in [0.29, 0.717) is 62.3 Å². The molecule has 8 nitrogen and oxygen atoms in total. The molecular weight excluding hydrogens is 681 g/mol. The molecule has 3 N–H and O–H groups in total. The summed E-state index contributed by atoms with van der Waals surface area (Å²) in [4.78, 5) is 42.9. The van der Waals surface area contributed by atoms with Gasteiger partial charge in [0.2, 0.25) is 17.6 Å². The number of piperazine rings is 1. The molecule has 1 saturated heterocycles. The Balaban J connectivity index is 1.21. The second-order valence-corrected chi connectivity index (χ2v) is 13.9. The predicted molar refractivity (Wildman–Crippen MR) is 188 cm³/mol. The van der Waals surface area contributed by atoms with E-state index < -0.39 is 29.1 Å². The minimum atomic E-state index is -1.34. The zero-order valence-corrected chi connectivity index (χ0v) is 29.1. The van der Waals surface area contributed by atoms with E-state index in [4.69, 9.17) is 22.1 Å². The number of hydrogen-bond donors (Lipinski definition) is 2. The monoisotopic (exact) mass is 722 g/mol. The summed E-state index contributed by atoms with van der Waals surface area (Å²) < 4.78 is 46.7. The fourth-order valence-corrected chi connectivity index (χ4v) is 7.27. The van der Waals surface area contributed by atoms with Crippen LogP contribution in [0.5, 0.6) is 5.75 Å². The number of hydrogen-bond acceptors (Lipinski definition) is 5. The number of nitrogens with two attached hydrogens (primary N) is 1. The summed E-state index contributed by atoms with van der Waals surface area (Å²) in [5.41, 5.74) is 9.76. The Morgan fingerprint density at radius 2 is 1.67 bits per heavy atom. The van der Waals surface area contributed by atoms with Gasteiger partial charge in [0.15, 0.2) is 17.4 Å². The van der Waals surface area contributed by atoms with Gasteiger partial charge in [-0.2, -0.15) is 4.39 Å². The molecule has 2 atom stereocenters. The van der Waals surface area contributed by atoms with Crippen molar-refractivity contribution in [3.05, 3.63) is 105 Å². The lowest BCUT2D eigenvalue weighted by Crippen LogP contribution is -2.62. The van der Waals surface area contributed by atoms with Crippen LogP contribution in [0.4, 0.5) is 13.2 Å². The predicted octanol–water partition coefficient (Wildman–Crippen LogP) is 5.98. The van der Waals surface area contributed by atoms with Crippen LogP contribution in [0, 0.1) is 17.5 Å². The Morgan fingerprint density at radius 3 is 2.39 bits per heavy atom. The number of nitrogens with one attached hydrogen (secondary N) is 1. The van der Waals surface area contributed by atoms with E-state index in [1.165, 1.54) is 0 Å². The maximum Gasteiger partial charge on any atom is 0.252 e. The first-order valence-electron chi connectivity index (χ1n) is 17.5. The molecule has 1 aliphatic carbocycles. The molecule has 51 heavy (non-hydrogen) atoms. The summed E-state index contributed by atoms with van der Waals surface area (Å²) in [5.74, 6) is -4.73. The van der Waals surface area contributed by atoms with E-state index in [1.807, 2.05) is 53.4 Å². The maximum atomic E-state index is 14.7. The molecule has 3 aliphatic rings. The third-order valence-electron chi connectivity index (χ3n) is 9.79. The normalized spacial score (nSPS) is 18.5. The molecule has 2 fully saturated rings. The molecule has 2 aliphatic heterocycles. The molecule has 1 saturated carbocycles. The van der Waals surface area contributed by atoms with Crippen LogP contribution in [0.15, 0.2) is 66.2 Å². The average Bonchev–Trinajstić information content (AvgIpc) is 3.95. The number of ether oxygens (including phenoxy) is 1. The highest BCUT2D eigenvalue weighted by molar-refractivity contribution is 6.31. The van der Waals surface area contributed by atoms with Crippen LogP contribution in [0.1, 0.15) is 61.6 Å². The zero-order valence-electron chi connectivity index (χ0n) is 28.3. The van der Waals surface area contributed by atoms with Crippen molar-refractivity contribution in [1.29, 1.82) is 0 Å². The molecule has 3 aromatic rings. The molecular formula is C39H42ClF3N4O4. The minimum Gasteiger partial charge on any atom is -0.488 e. The summed E-state index contributed by atoms with van der Waals surface area (Å²) in [6.07, 6.45) is 4.77. The lowest BCUT2D eigenvalue weighted by Gasteiger charge is -2.45. The Bertz CT molecular complexity index is 1800. The fourth-order valence-electron chi connectivity index (χ4n) is 7.04. The number of carbonyl (C=O) groups excluding carboxylic acids is 3. The Morgan fingerprint density at radius 1 is 0.922 bits per heavy atom. The number of primary amides is 1. The first-order chi connectivity index (χ1) is 24.6. The van der Waals surface area contributed by atoms with Crippen LogP contribution < -0.4 is 15.8 Å². The zero-order chi connectivity index (χ0) is 36.1. The van der Waals surface area contributed by atoms with Crippen LogP contribution in [0.3, 0.4) is 0 Å². The molecule has 0 aromatic heterocycles. The second kappa shape index (κ2) is 16.3. The first-order valence-corrected chi connectivity index (χ1v) is 17.9. The van der Waals surface area contributed by atoms with Gasteiger partial charge in [-0.3, -0.25) is 14.4 Å². The quantitative estimate of drug-likeness (QED) is 0.148. The standard InChI is InChI=1S/C39H42ClF3N4O4/c40-30-7-2-1-6-26(30)18-19-47(28-14-15-28)39(50)36-29(21-27-22-46(23-33(36)45-27)35(49)9-3-8-34(44)48)25-12-10-24(11-13-25)5-4-20-51-38-32(42)17-16-31(41)37(38)43/h1-2,6-7,10-13,16-17,27-28,33,45H,3-5,8-9,14-15,18-23H2,(H2,44,48)/t27-,33-/m1/s1. The van der Waals surface area contributed by atoms with Crippen molar-refractivity contribution in [3.8, 4) is 5.75 Å². The molecule has 2 bridgehead atoms. The van der Waals surface area contributed by atoms with Gasteiger partial charge in [0.05, 0.1) is 12.6 Å². The van der Waals surface area contributed by atoms with Crippen molar-refractivity contribution < 1.29 is 32.3 Å². The van der Waals surface area contributed by atoms with Gasteiger partial charge in [0.1, 0.15) is 0 Å². The molecule has 6 rings (SSSR count). The number of rotatable bonds is 15. The van der Waals surface area contributed by atoms with Gasteiger partial charge in [0.25, 0.3) is 5.91 Å². The molecule has 12 heteroatoms. The van der Waals surface area contributed by atoms with Crippen molar-refractivity contribution >= 4 is 34.9 Å². The van der Waals surface area contributed by atoms with Gasteiger partial charge >= 0.3 is 0 Å². The van der Waals surface area contributed by atoms with Gasteiger partial charge in [0, 0.05) is 55.2 Å². The largest absolute Gasteiger partial charge is 0.488 e. The van der Waals surface area contributed by atoms with E-state index >= 15 is 0 Å². The van der Waals surface area contributed by atoms with E-state index in [2.05, 4.69) is 5.32 Å². The van der Waals surface area contributed by atoms with Crippen molar-refractivity contribution in [2.45, 2.75) is 75.9 Å². The lowest BCUT2D eigenvalue weighted by molar-refractivity contribution is -0.134. The fraction of sp³-hybridized carbons (Fsp3) is 0.410.